The highest BCUT2D eigenvalue weighted by Crippen LogP contribution is 2.30. The summed E-state index contributed by atoms with van der Waals surface area (Å²) in [6.07, 6.45) is -0.306. The highest BCUT2D eigenvalue weighted by molar-refractivity contribution is 7.89. The first-order chi connectivity index (χ1) is 21.0. The van der Waals surface area contributed by atoms with E-state index in [1.807, 2.05) is 6.92 Å². The number of sulfonamides is 1. The maximum atomic E-state index is 13.5. The number of morpholine rings is 1. The van der Waals surface area contributed by atoms with Crippen molar-refractivity contribution < 1.29 is 37.3 Å². The number of hydrogen-bond acceptors (Lipinski definition) is 9. The van der Waals surface area contributed by atoms with Crippen LogP contribution in [0.15, 0.2) is 47.4 Å². The van der Waals surface area contributed by atoms with Gasteiger partial charge in [-0.25, -0.2) is 8.42 Å². The average Bonchev–Trinajstić information content (AvgIpc) is 3.07. The average molecular weight is 633 g/mol. The highest BCUT2D eigenvalue weighted by atomic mass is 32.2. The molecule has 12 nitrogen and oxygen atoms in total. The Hall–Kier alpha value is -3.23. The van der Waals surface area contributed by atoms with Crippen molar-refractivity contribution in [1.29, 1.82) is 0 Å². The molecular weight excluding hydrogens is 588 g/mol. The highest BCUT2D eigenvalue weighted by Gasteiger charge is 2.33. The summed E-state index contributed by atoms with van der Waals surface area (Å²) in [5, 5.41) is 12.8. The summed E-state index contributed by atoms with van der Waals surface area (Å²) in [6, 6.07) is 10.9. The number of carbonyl (C=O) groups excluding carboxylic acids is 2. The van der Waals surface area contributed by atoms with Gasteiger partial charge in [-0.2, -0.15) is 4.31 Å². The summed E-state index contributed by atoms with van der Waals surface area (Å²) in [7, 11) is -0.844. The molecule has 0 aromatic heterocycles. The Balaban J connectivity index is 1.55. The summed E-state index contributed by atoms with van der Waals surface area (Å²) in [4.78, 5) is 30.2. The maximum absolute atomic E-state index is 13.5. The van der Waals surface area contributed by atoms with E-state index in [0.29, 0.717) is 48.9 Å². The number of aliphatic hydroxyl groups is 1. The van der Waals surface area contributed by atoms with E-state index < -0.39 is 22.2 Å². The Kier molecular flexibility index (Phi) is 11.6. The summed E-state index contributed by atoms with van der Waals surface area (Å²) < 4.78 is 45.1. The Labute approximate surface area is 259 Å². The zero-order valence-electron chi connectivity index (χ0n) is 25.9. The second-order valence-corrected chi connectivity index (χ2v) is 13.5. The van der Waals surface area contributed by atoms with E-state index in [1.165, 1.54) is 30.6 Å². The van der Waals surface area contributed by atoms with Gasteiger partial charge in [0, 0.05) is 56.8 Å². The molecule has 0 unspecified atom stereocenters. The number of nitrogens with zero attached hydrogens (tertiary/aromatic N) is 3. The van der Waals surface area contributed by atoms with Gasteiger partial charge in [-0.05, 0) is 49.4 Å². The topological polar surface area (TPSA) is 138 Å². The lowest BCUT2D eigenvalue weighted by atomic mass is 10.0. The standard InChI is InChI=1S/C31H44N4O8S/c1-22-19-35(23(2)21-36)31(38)18-24-17-25(32-30(37)11-12-34-13-15-42-16-14-34)5-10-28(24)43-29(22)20-33(3)44(39,40)27-8-6-26(41-4)7-9-27/h5-10,17,22-23,29,36H,11-16,18-21H2,1-4H3,(H,32,37)/t22-,23-,29+/m1/s1. The minimum atomic E-state index is -3.85. The number of methoxy groups -OCH3 is 1. The zero-order valence-corrected chi connectivity index (χ0v) is 26.7. The second kappa shape index (κ2) is 15.2. The van der Waals surface area contributed by atoms with Crippen molar-refractivity contribution in [2.45, 2.75) is 43.7 Å². The minimum Gasteiger partial charge on any atom is -0.497 e. The van der Waals surface area contributed by atoms with Crippen LogP contribution in [-0.4, -0.2) is 118 Å². The molecule has 1 saturated heterocycles. The number of hydrogen-bond donors (Lipinski definition) is 2. The van der Waals surface area contributed by atoms with Crippen LogP contribution in [0.3, 0.4) is 0 Å². The van der Waals surface area contributed by atoms with Crippen molar-refractivity contribution in [3.63, 3.8) is 0 Å². The molecule has 2 amide bonds. The molecule has 2 N–H and O–H groups in total. The third-order valence-corrected chi connectivity index (χ3v) is 10.0. The van der Waals surface area contributed by atoms with Crippen molar-refractivity contribution in [2.75, 3.05) is 72.0 Å². The zero-order chi connectivity index (χ0) is 31.9. The van der Waals surface area contributed by atoms with Crippen LogP contribution >= 0.6 is 0 Å². The molecule has 1 fully saturated rings. The van der Waals surface area contributed by atoms with Crippen LogP contribution in [0.25, 0.3) is 0 Å². The van der Waals surface area contributed by atoms with Crippen LogP contribution in [-0.2, 0) is 30.8 Å². The number of fused-ring (bicyclic) bond motifs is 1. The Morgan fingerprint density at radius 1 is 1.18 bits per heavy atom. The molecule has 242 valence electrons. The van der Waals surface area contributed by atoms with Gasteiger partial charge in [0.1, 0.15) is 17.6 Å². The number of amides is 2. The first kappa shape index (κ1) is 33.7. The first-order valence-corrected chi connectivity index (χ1v) is 16.4. The van der Waals surface area contributed by atoms with Gasteiger partial charge >= 0.3 is 0 Å². The number of carbonyl (C=O) groups is 2. The van der Waals surface area contributed by atoms with Crippen LogP contribution in [0.5, 0.6) is 11.5 Å². The Morgan fingerprint density at radius 2 is 1.89 bits per heavy atom. The second-order valence-electron chi connectivity index (χ2n) is 11.4. The number of ether oxygens (including phenoxy) is 3. The van der Waals surface area contributed by atoms with E-state index in [4.69, 9.17) is 14.2 Å². The summed E-state index contributed by atoms with van der Waals surface area (Å²) in [6.45, 7) is 7.27. The molecular formula is C31H44N4O8S. The quantitative estimate of drug-likeness (QED) is 0.380. The van der Waals surface area contributed by atoms with Crippen molar-refractivity contribution in [2.24, 2.45) is 5.92 Å². The third kappa shape index (κ3) is 8.48. The molecule has 0 spiro atoms. The van der Waals surface area contributed by atoms with Crippen LogP contribution in [0.4, 0.5) is 5.69 Å². The lowest BCUT2D eigenvalue weighted by Crippen LogP contribution is -2.48. The van der Waals surface area contributed by atoms with Gasteiger partial charge in [0.2, 0.25) is 21.8 Å². The predicted octanol–water partition coefficient (Wildman–Crippen LogP) is 1.83. The van der Waals surface area contributed by atoms with Gasteiger partial charge < -0.3 is 29.5 Å². The fraction of sp³-hybridized carbons (Fsp3) is 0.548. The van der Waals surface area contributed by atoms with Crippen LogP contribution in [0.2, 0.25) is 0 Å². The number of likely N-dealkylation sites (N-methyl/N-ethyl adjacent to an activating group) is 1. The molecule has 2 aliphatic rings. The normalized spacial score (nSPS) is 20.6. The molecule has 44 heavy (non-hydrogen) atoms. The van der Waals surface area contributed by atoms with Crippen LogP contribution < -0.4 is 14.8 Å². The van der Waals surface area contributed by atoms with E-state index in [0.717, 1.165) is 13.1 Å². The molecule has 3 atom stereocenters. The summed E-state index contributed by atoms with van der Waals surface area (Å²) in [5.41, 5.74) is 1.10. The lowest BCUT2D eigenvalue weighted by Gasteiger charge is -2.33. The van der Waals surface area contributed by atoms with E-state index in [2.05, 4.69) is 10.2 Å². The molecule has 2 aromatic rings. The molecule has 13 heteroatoms. The van der Waals surface area contributed by atoms with Gasteiger partial charge in [0.05, 0.1) is 50.8 Å². The Bertz CT molecular complexity index is 1380. The van der Waals surface area contributed by atoms with Crippen molar-refractivity contribution in [3.8, 4) is 11.5 Å². The minimum absolute atomic E-state index is 0.00339. The molecule has 2 aromatic carbocycles. The molecule has 0 bridgehead atoms. The first-order valence-electron chi connectivity index (χ1n) is 14.9. The van der Waals surface area contributed by atoms with Gasteiger partial charge in [0.15, 0.2) is 0 Å². The molecule has 0 aliphatic carbocycles. The molecule has 4 rings (SSSR count). The number of nitrogens with one attached hydrogen (secondary N) is 1. The maximum Gasteiger partial charge on any atom is 0.242 e. The van der Waals surface area contributed by atoms with Gasteiger partial charge in [-0.15, -0.1) is 0 Å². The number of anilines is 1. The van der Waals surface area contributed by atoms with Gasteiger partial charge in [-0.3, -0.25) is 14.5 Å². The number of benzene rings is 2. The molecule has 2 heterocycles. The van der Waals surface area contributed by atoms with Gasteiger partial charge in [-0.1, -0.05) is 6.92 Å². The van der Waals surface area contributed by atoms with E-state index in [-0.39, 0.29) is 48.7 Å². The van der Waals surface area contributed by atoms with Crippen molar-refractivity contribution >= 4 is 27.5 Å². The van der Waals surface area contributed by atoms with Crippen molar-refractivity contribution in [3.05, 3.63) is 48.0 Å². The monoisotopic (exact) mass is 632 g/mol. The fourth-order valence-electron chi connectivity index (χ4n) is 5.31. The smallest absolute Gasteiger partial charge is 0.242 e. The SMILES string of the molecule is COc1ccc(S(=O)(=O)N(C)C[C@@H]2Oc3ccc(NC(=O)CCN4CCOCC4)cc3CC(=O)N([C@H](C)CO)C[C@H]2C)cc1. The predicted molar refractivity (Wildman–Crippen MR) is 165 cm³/mol. The van der Waals surface area contributed by atoms with E-state index in [9.17, 15) is 23.1 Å². The number of aliphatic hydroxyl groups excluding tert-OH is 1. The molecule has 0 saturated carbocycles. The fourth-order valence-corrected chi connectivity index (χ4v) is 6.50. The summed E-state index contributed by atoms with van der Waals surface area (Å²) in [5.74, 6) is 0.368. The van der Waals surface area contributed by atoms with E-state index in [1.54, 1.807) is 42.2 Å². The largest absolute Gasteiger partial charge is 0.497 e. The van der Waals surface area contributed by atoms with E-state index >= 15 is 0 Å². The van der Waals surface area contributed by atoms with Gasteiger partial charge in [0.25, 0.3) is 0 Å². The number of rotatable bonds is 11. The third-order valence-electron chi connectivity index (χ3n) is 8.16. The molecule has 2 aliphatic heterocycles. The van der Waals surface area contributed by atoms with Crippen LogP contribution in [0.1, 0.15) is 25.8 Å². The molecule has 0 radical (unpaired) electrons. The Morgan fingerprint density at radius 3 is 2.55 bits per heavy atom. The lowest BCUT2D eigenvalue weighted by molar-refractivity contribution is -0.134. The van der Waals surface area contributed by atoms with Crippen LogP contribution in [0, 0.1) is 5.92 Å². The van der Waals surface area contributed by atoms with Crippen molar-refractivity contribution in [1.82, 2.24) is 14.1 Å². The summed E-state index contributed by atoms with van der Waals surface area (Å²) >= 11 is 0.